The molecule has 2 atom stereocenters. The van der Waals surface area contributed by atoms with Crippen molar-refractivity contribution in [3.8, 4) is 0 Å². The van der Waals surface area contributed by atoms with Crippen LogP contribution in [0.5, 0.6) is 0 Å². The van der Waals surface area contributed by atoms with E-state index < -0.39 is 0 Å². The fraction of sp³-hybridized carbons (Fsp3) is 0.500. The monoisotopic (exact) mass is 454 g/mol. The molecule has 0 aliphatic rings. The molecule has 1 unspecified atom stereocenters. The largest absolute Gasteiger partial charge is 0.381 e. The van der Waals surface area contributed by atoms with Crippen LogP contribution in [-0.2, 0) is 6.54 Å². The lowest BCUT2D eigenvalue weighted by Crippen LogP contribution is -2.36. The average molecular weight is 455 g/mol. The molecule has 0 spiro atoms. The van der Waals surface area contributed by atoms with E-state index in [4.69, 9.17) is 5.73 Å². The van der Waals surface area contributed by atoms with Gasteiger partial charge in [0.1, 0.15) is 5.83 Å². The third-order valence-corrected chi connectivity index (χ3v) is 5.80. The Morgan fingerprint density at radius 2 is 1.79 bits per heavy atom. The number of benzene rings is 1. The van der Waals surface area contributed by atoms with Crippen LogP contribution in [0, 0.1) is 5.92 Å². The summed E-state index contributed by atoms with van der Waals surface area (Å²) < 4.78 is 14.1. The first-order valence-corrected chi connectivity index (χ1v) is 11.9. The summed E-state index contributed by atoms with van der Waals surface area (Å²) in [5, 5.41) is 3.29. The predicted octanol–water partition coefficient (Wildman–Crippen LogP) is 7.38. The van der Waals surface area contributed by atoms with Crippen molar-refractivity contribution in [1.82, 2.24) is 15.3 Å². The Hall–Kier alpha value is -2.53. The molecule has 2 rings (SSSR count). The molecular formula is C28H43FN4. The van der Waals surface area contributed by atoms with Gasteiger partial charge in [0.25, 0.3) is 0 Å². The van der Waals surface area contributed by atoms with E-state index in [1.165, 1.54) is 6.42 Å². The second-order valence-electron chi connectivity index (χ2n) is 9.36. The van der Waals surface area contributed by atoms with Crippen LogP contribution in [0.1, 0.15) is 80.2 Å². The number of aromatic nitrogens is 2. The van der Waals surface area contributed by atoms with Crippen LogP contribution in [0.4, 0.5) is 4.39 Å². The van der Waals surface area contributed by atoms with Gasteiger partial charge < -0.3 is 11.1 Å². The summed E-state index contributed by atoms with van der Waals surface area (Å²) in [6, 6.07) is 5.94. The van der Waals surface area contributed by atoms with Crippen LogP contribution in [-0.4, -0.2) is 15.5 Å². The summed E-state index contributed by atoms with van der Waals surface area (Å²) in [7, 11) is 0. The van der Waals surface area contributed by atoms with Crippen LogP contribution >= 0.6 is 0 Å². The van der Waals surface area contributed by atoms with E-state index in [0.29, 0.717) is 12.1 Å². The zero-order valence-electron chi connectivity index (χ0n) is 21.8. The van der Waals surface area contributed by atoms with Crippen molar-refractivity contribution < 1.29 is 4.39 Å². The van der Waals surface area contributed by atoms with Gasteiger partial charge in [-0.05, 0) is 77.2 Å². The molecule has 3 N–H and O–H groups in total. The summed E-state index contributed by atoms with van der Waals surface area (Å²) in [6.07, 6.45) is 10.3. The van der Waals surface area contributed by atoms with Gasteiger partial charge >= 0.3 is 0 Å². The lowest BCUT2D eigenvalue weighted by Gasteiger charge is -2.25. The Labute approximate surface area is 200 Å². The summed E-state index contributed by atoms with van der Waals surface area (Å²) in [6.45, 7) is 16.8. The highest BCUT2D eigenvalue weighted by molar-refractivity contribution is 5.74. The average Bonchev–Trinajstić information content (AvgIpc) is 2.78. The van der Waals surface area contributed by atoms with E-state index in [-0.39, 0.29) is 11.4 Å². The van der Waals surface area contributed by atoms with Crippen molar-refractivity contribution in [3.63, 3.8) is 0 Å². The van der Waals surface area contributed by atoms with Gasteiger partial charge in [0.2, 0.25) is 0 Å². The maximum absolute atomic E-state index is 14.1. The van der Waals surface area contributed by atoms with Gasteiger partial charge in [-0.1, -0.05) is 44.9 Å². The first-order valence-electron chi connectivity index (χ1n) is 11.9. The third kappa shape index (κ3) is 10.3. The molecule has 33 heavy (non-hydrogen) atoms. The van der Waals surface area contributed by atoms with Gasteiger partial charge in [0, 0.05) is 35.7 Å². The lowest BCUT2D eigenvalue weighted by atomic mass is 9.87. The smallest absolute Gasteiger partial charge is 0.128 e. The molecule has 0 bridgehead atoms. The van der Waals surface area contributed by atoms with Gasteiger partial charge in [0.15, 0.2) is 0 Å². The molecule has 1 heterocycles. The summed E-state index contributed by atoms with van der Waals surface area (Å²) in [5.74, 6) is 0.560. The highest BCUT2D eigenvalue weighted by atomic mass is 19.1. The number of hydrogen-bond donors (Lipinski definition) is 2. The minimum Gasteiger partial charge on any atom is -0.381 e. The normalized spacial score (nSPS) is 15.0. The number of nitrogens with two attached hydrogens (primary N) is 1. The zero-order chi connectivity index (χ0) is 25.0. The number of nitrogens with zero attached hydrogens (tertiary/aromatic N) is 2. The molecule has 5 heteroatoms. The number of hydrogen-bond acceptors (Lipinski definition) is 4. The number of nitrogens with one attached hydrogen (secondary N) is 1. The van der Waals surface area contributed by atoms with Crippen LogP contribution in [0.2, 0.25) is 0 Å². The van der Waals surface area contributed by atoms with Crippen LogP contribution in [0.3, 0.4) is 0 Å². The molecule has 4 nitrogen and oxygen atoms in total. The molecule has 0 aliphatic heterocycles. The fourth-order valence-electron chi connectivity index (χ4n) is 3.34. The molecule has 0 fully saturated rings. The Kier molecular flexibility index (Phi) is 12.0. The molecule has 182 valence electrons. The van der Waals surface area contributed by atoms with E-state index >= 15 is 0 Å². The maximum atomic E-state index is 14.1. The zero-order valence-corrected chi connectivity index (χ0v) is 21.8. The lowest BCUT2D eigenvalue weighted by molar-refractivity contribution is 0.339. The Morgan fingerprint density at radius 1 is 1.15 bits per heavy atom. The molecule has 1 aromatic carbocycles. The minimum absolute atomic E-state index is 0.0649. The SMILES string of the molecule is C/C=C(NCc1ccc2nccnc2c1)\C(C)=C(\F)C=C(C)C.CC[C@@H](C)CC(C)(N)CC. The van der Waals surface area contributed by atoms with Crippen molar-refractivity contribution in [2.45, 2.75) is 86.7 Å². The van der Waals surface area contributed by atoms with E-state index in [0.717, 1.165) is 46.6 Å². The molecular weight excluding hydrogens is 411 g/mol. The second-order valence-corrected chi connectivity index (χ2v) is 9.36. The summed E-state index contributed by atoms with van der Waals surface area (Å²) in [5.41, 5.74) is 11.2. The second kappa shape index (κ2) is 13.9. The van der Waals surface area contributed by atoms with Crippen molar-refractivity contribution in [3.05, 3.63) is 71.0 Å². The first kappa shape index (κ1) is 28.5. The van der Waals surface area contributed by atoms with Crippen LogP contribution < -0.4 is 11.1 Å². The Bertz CT molecular complexity index is 969. The maximum Gasteiger partial charge on any atom is 0.128 e. The van der Waals surface area contributed by atoms with Crippen molar-refractivity contribution in [2.24, 2.45) is 11.7 Å². The van der Waals surface area contributed by atoms with Crippen LogP contribution in [0.25, 0.3) is 11.0 Å². The Balaban J connectivity index is 0.000000461. The Morgan fingerprint density at radius 3 is 2.33 bits per heavy atom. The molecule has 1 aromatic heterocycles. The number of rotatable bonds is 9. The molecule has 0 saturated heterocycles. The highest BCUT2D eigenvalue weighted by Gasteiger charge is 2.17. The van der Waals surface area contributed by atoms with Crippen molar-refractivity contribution in [1.29, 1.82) is 0 Å². The van der Waals surface area contributed by atoms with Crippen LogP contribution in [0.15, 0.2) is 65.4 Å². The van der Waals surface area contributed by atoms with E-state index in [9.17, 15) is 4.39 Å². The van der Waals surface area contributed by atoms with Gasteiger partial charge in [-0.15, -0.1) is 0 Å². The quantitative estimate of drug-likeness (QED) is 0.388. The molecule has 2 aromatic rings. The van der Waals surface area contributed by atoms with E-state index in [1.54, 1.807) is 25.4 Å². The number of halogens is 1. The van der Waals surface area contributed by atoms with Crippen molar-refractivity contribution in [2.75, 3.05) is 0 Å². The standard InChI is InChI=1S/C19H22FN3.C9H21N/c1-5-17(14(4)16(20)10-13(2)3)23-12-15-6-7-18-19(11-15)22-9-8-21-18;1-5-8(3)7-9(4,10)6-2/h5-11,23H,12H2,1-4H3;8H,5-7,10H2,1-4H3/b16-14+,17-5+;/t;8-,9?/m.1/s1. The molecule has 0 aliphatic carbocycles. The summed E-state index contributed by atoms with van der Waals surface area (Å²) in [4.78, 5) is 8.56. The van der Waals surface area contributed by atoms with E-state index in [1.807, 2.05) is 45.0 Å². The van der Waals surface area contributed by atoms with Gasteiger partial charge in [-0.3, -0.25) is 9.97 Å². The minimum atomic E-state index is -0.213. The topological polar surface area (TPSA) is 63.8 Å². The first-order chi connectivity index (χ1) is 15.5. The highest BCUT2D eigenvalue weighted by Crippen LogP contribution is 2.19. The fourth-order valence-corrected chi connectivity index (χ4v) is 3.34. The number of fused-ring (bicyclic) bond motifs is 1. The number of allylic oxidation sites excluding steroid dienone is 5. The predicted molar refractivity (Wildman–Crippen MR) is 140 cm³/mol. The molecule has 0 amide bonds. The van der Waals surface area contributed by atoms with Gasteiger partial charge in [-0.25, -0.2) is 4.39 Å². The molecule has 0 saturated carbocycles. The molecule has 0 radical (unpaired) electrons. The van der Waals surface area contributed by atoms with Gasteiger partial charge in [-0.2, -0.15) is 0 Å². The van der Waals surface area contributed by atoms with E-state index in [2.05, 4.69) is 43.0 Å². The summed E-state index contributed by atoms with van der Waals surface area (Å²) >= 11 is 0. The third-order valence-electron chi connectivity index (χ3n) is 5.80. The van der Waals surface area contributed by atoms with Gasteiger partial charge in [0.05, 0.1) is 11.0 Å². The van der Waals surface area contributed by atoms with Crippen molar-refractivity contribution >= 4 is 11.0 Å².